The molecule has 0 radical (unpaired) electrons. The first-order chi connectivity index (χ1) is 18.0. The van der Waals surface area contributed by atoms with Crippen LogP contribution < -0.4 is 15.5 Å². The molecule has 1 saturated heterocycles. The van der Waals surface area contributed by atoms with Crippen molar-refractivity contribution in [1.29, 1.82) is 0 Å². The number of nitrogens with one attached hydrogen (secondary N) is 1. The largest absolute Gasteiger partial charge is 0.387 e. The third-order valence-electron chi connectivity index (χ3n) is 8.64. The van der Waals surface area contributed by atoms with E-state index in [1.807, 2.05) is 12.3 Å². The lowest BCUT2D eigenvalue weighted by Crippen LogP contribution is -2.45. The molecule has 9 heteroatoms. The van der Waals surface area contributed by atoms with Gasteiger partial charge in [0, 0.05) is 31.9 Å². The van der Waals surface area contributed by atoms with Crippen molar-refractivity contribution < 1.29 is 5.11 Å². The molecule has 5 heterocycles. The van der Waals surface area contributed by atoms with Crippen molar-refractivity contribution in [3.63, 3.8) is 0 Å². The average molecular weight is 497 g/mol. The molecule has 1 aromatic carbocycles. The summed E-state index contributed by atoms with van der Waals surface area (Å²) in [7, 11) is 0. The minimum Gasteiger partial charge on any atom is -0.387 e. The lowest BCUT2D eigenvalue weighted by atomic mass is 9.73. The van der Waals surface area contributed by atoms with Gasteiger partial charge in [-0.05, 0) is 67.7 Å². The highest BCUT2D eigenvalue weighted by molar-refractivity contribution is 5.88. The Kier molecular flexibility index (Phi) is 5.19. The molecule has 37 heavy (non-hydrogen) atoms. The lowest BCUT2D eigenvalue weighted by molar-refractivity contribution is 0.183. The Morgan fingerprint density at radius 2 is 1.92 bits per heavy atom. The highest BCUT2D eigenvalue weighted by atomic mass is 16.3. The van der Waals surface area contributed by atoms with Crippen molar-refractivity contribution in [1.82, 2.24) is 25.1 Å². The predicted molar refractivity (Wildman–Crippen MR) is 143 cm³/mol. The zero-order valence-electron chi connectivity index (χ0n) is 21.1. The van der Waals surface area contributed by atoms with Crippen LogP contribution in [0.25, 0.3) is 11.2 Å². The number of aromatic nitrogens is 5. The van der Waals surface area contributed by atoms with Gasteiger partial charge in [0.05, 0.1) is 17.5 Å². The number of nitrogens with zero attached hydrogens (tertiary/aromatic N) is 6. The maximum Gasteiger partial charge on any atom is 0.183 e. The number of aryl methyl sites for hydroxylation is 1. The Labute approximate surface area is 215 Å². The topological polar surface area (TPSA) is 120 Å². The Morgan fingerprint density at radius 1 is 1.08 bits per heavy atom. The molecule has 1 fully saturated rings. The van der Waals surface area contributed by atoms with Gasteiger partial charge in [-0.1, -0.05) is 24.3 Å². The van der Waals surface area contributed by atoms with Crippen molar-refractivity contribution in [2.24, 2.45) is 11.1 Å². The predicted octanol–water partition coefficient (Wildman–Crippen LogP) is 3.73. The van der Waals surface area contributed by atoms with E-state index in [-0.39, 0.29) is 11.5 Å². The second kappa shape index (κ2) is 8.49. The molecule has 0 unspecified atom stereocenters. The fourth-order valence-electron chi connectivity index (χ4n) is 6.62. The van der Waals surface area contributed by atoms with Gasteiger partial charge >= 0.3 is 0 Å². The Bertz CT molecular complexity index is 1470. The molecule has 0 bridgehead atoms. The number of piperidine rings is 1. The maximum atomic E-state index is 10.8. The number of aromatic amines is 1. The monoisotopic (exact) mass is 496 g/mol. The fraction of sp³-hybridized carbons (Fsp3) is 0.429. The summed E-state index contributed by atoms with van der Waals surface area (Å²) in [5.41, 5.74) is 13.6. The first-order valence-corrected chi connectivity index (χ1v) is 13.3. The van der Waals surface area contributed by atoms with Crippen LogP contribution in [0.4, 0.5) is 17.3 Å². The van der Waals surface area contributed by atoms with Crippen LogP contribution in [0, 0.1) is 5.41 Å². The van der Waals surface area contributed by atoms with Crippen molar-refractivity contribution in [2.45, 2.75) is 51.2 Å². The van der Waals surface area contributed by atoms with E-state index in [9.17, 15) is 5.11 Å². The first-order valence-electron chi connectivity index (χ1n) is 13.3. The van der Waals surface area contributed by atoms with Gasteiger partial charge in [-0.2, -0.15) is 5.10 Å². The summed E-state index contributed by atoms with van der Waals surface area (Å²) in [6.45, 7) is 4.25. The Hall–Kier alpha value is -3.56. The molecule has 190 valence electrons. The zero-order chi connectivity index (χ0) is 25.1. The lowest BCUT2D eigenvalue weighted by Gasteiger charge is -2.43. The number of hydrogen-bond acceptors (Lipinski definition) is 8. The average Bonchev–Trinajstić information content (AvgIpc) is 3.46. The molecule has 4 aromatic rings. The van der Waals surface area contributed by atoms with E-state index >= 15 is 0 Å². The second-order valence-corrected chi connectivity index (χ2v) is 10.8. The molecule has 2 aliphatic heterocycles. The van der Waals surface area contributed by atoms with Gasteiger partial charge in [-0.15, -0.1) is 0 Å². The van der Waals surface area contributed by atoms with Crippen LogP contribution in [0.15, 0.2) is 42.6 Å². The van der Waals surface area contributed by atoms with E-state index in [0.29, 0.717) is 16.9 Å². The second-order valence-electron chi connectivity index (χ2n) is 10.8. The number of rotatable bonds is 3. The molecule has 7 rings (SSSR count). The number of fused-ring (bicyclic) bond motifs is 3. The van der Waals surface area contributed by atoms with Gasteiger partial charge in [-0.25, -0.2) is 9.97 Å². The number of hydrogen-bond donors (Lipinski definition) is 3. The number of H-pyrrole nitrogens is 1. The van der Waals surface area contributed by atoms with E-state index in [1.165, 1.54) is 11.1 Å². The normalized spacial score (nSPS) is 21.3. The van der Waals surface area contributed by atoms with Crippen molar-refractivity contribution in [3.05, 3.63) is 65.1 Å². The molecule has 0 saturated carbocycles. The highest BCUT2D eigenvalue weighted by Gasteiger charge is 2.46. The maximum absolute atomic E-state index is 10.8. The van der Waals surface area contributed by atoms with E-state index in [0.717, 1.165) is 74.8 Å². The number of pyridine rings is 1. The molecule has 1 aliphatic carbocycles. The number of nitrogens with two attached hydrogens (primary N) is 1. The molecule has 3 aromatic heterocycles. The fourth-order valence-corrected chi connectivity index (χ4v) is 6.62. The molecule has 3 aliphatic rings. The summed E-state index contributed by atoms with van der Waals surface area (Å²) >= 11 is 0. The van der Waals surface area contributed by atoms with Crippen LogP contribution in [-0.4, -0.2) is 49.9 Å². The zero-order valence-corrected chi connectivity index (χ0v) is 21.1. The number of benzene rings is 1. The molecular formula is C28H32N8O. The van der Waals surface area contributed by atoms with Crippen molar-refractivity contribution in [2.75, 3.05) is 29.4 Å². The third kappa shape index (κ3) is 3.52. The minimum atomic E-state index is -0.751. The van der Waals surface area contributed by atoms with Crippen LogP contribution in [-0.2, 0) is 12.8 Å². The van der Waals surface area contributed by atoms with Crippen LogP contribution in [0.2, 0.25) is 0 Å². The van der Waals surface area contributed by atoms with Gasteiger partial charge in [0.15, 0.2) is 22.8 Å². The van der Waals surface area contributed by atoms with Gasteiger partial charge < -0.3 is 20.6 Å². The molecule has 1 spiro atoms. The van der Waals surface area contributed by atoms with Crippen molar-refractivity contribution in [3.8, 4) is 0 Å². The Morgan fingerprint density at radius 3 is 2.73 bits per heavy atom. The first kappa shape index (κ1) is 22.6. The van der Waals surface area contributed by atoms with Gasteiger partial charge in [-0.3, -0.25) is 10.1 Å². The SMILES string of the molecule is C[C@@H](O)c1nc2c(N3CCCc4ncccc43)n[nH]c2nc1N1CCC2(CC1)Cc1ccccc1[C@H]2N. The summed E-state index contributed by atoms with van der Waals surface area (Å²) in [6.07, 6.45) is 6.02. The van der Waals surface area contributed by atoms with Crippen molar-refractivity contribution >= 4 is 28.5 Å². The van der Waals surface area contributed by atoms with Crippen LogP contribution in [0.3, 0.4) is 0 Å². The molecule has 0 amide bonds. The molecule has 4 N–H and O–H groups in total. The van der Waals surface area contributed by atoms with Crippen LogP contribution in [0.5, 0.6) is 0 Å². The van der Waals surface area contributed by atoms with Crippen LogP contribution >= 0.6 is 0 Å². The quantitative estimate of drug-likeness (QED) is 0.392. The summed E-state index contributed by atoms with van der Waals surface area (Å²) in [5, 5.41) is 18.5. The smallest absolute Gasteiger partial charge is 0.183 e. The standard InChI is InChI=1S/C28H32N8O/c1-17(37)22-26(35-14-10-28(11-15-35)16-18-6-2-3-7-19(18)24(28)29)32-25-23(31-22)27(34-33-25)36-13-5-8-20-21(36)9-4-12-30-20/h2-4,6-7,9,12,17,24,37H,5,8,10-11,13-16,29H2,1H3,(H,32,33,34)/t17-,24-/m1/s1. The Balaban J connectivity index is 1.21. The van der Waals surface area contributed by atoms with E-state index in [1.54, 1.807) is 6.92 Å². The molecule has 2 atom stereocenters. The summed E-state index contributed by atoms with van der Waals surface area (Å²) in [6, 6.07) is 12.7. The summed E-state index contributed by atoms with van der Waals surface area (Å²) < 4.78 is 0. The van der Waals surface area contributed by atoms with Gasteiger partial charge in [0.25, 0.3) is 0 Å². The molecule has 9 nitrogen and oxygen atoms in total. The number of anilines is 3. The highest BCUT2D eigenvalue weighted by Crippen LogP contribution is 2.51. The van der Waals surface area contributed by atoms with E-state index < -0.39 is 6.10 Å². The van der Waals surface area contributed by atoms with Crippen LogP contribution in [0.1, 0.15) is 60.8 Å². The number of aliphatic hydroxyl groups excluding tert-OH is 1. The van der Waals surface area contributed by atoms with E-state index in [4.69, 9.17) is 15.7 Å². The minimum absolute atomic E-state index is 0.0627. The number of aliphatic hydroxyl groups is 1. The van der Waals surface area contributed by atoms with E-state index in [2.05, 4.69) is 55.3 Å². The third-order valence-corrected chi connectivity index (χ3v) is 8.64. The van der Waals surface area contributed by atoms with Gasteiger partial charge in [0.2, 0.25) is 0 Å². The summed E-state index contributed by atoms with van der Waals surface area (Å²) in [5.74, 6) is 1.47. The summed E-state index contributed by atoms with van der Waals surface area (Å²) in [4.78, 5) is 18.9. The van der Waals surface area contributed by atoms with Gasteiger partial charge in [0.1, 0.15) is 5.69 Å². The molecular weight excluding hydrogens is 464 g/mol.